The quantitative estimate of drug-likeness (QED) is 0.804. The lowest BCUT2D eigenvalue weighted by Crippen LogP contribution is -2.38. The van der Waals surface area contributed by atoms with Crippen LogP contribution in [0.1, 0.15) is 12.8 Å². The van der Waals surface area contributed by atoms with E-state index in [1.165, 1.54) is 6.07 Å². The molecular weight excluding hydrogens is 231 g/mol. The van der Waals surface area contributed by atoms with E-state index in [0.717, 1.165) is 6.33 Å². The molecule has 1 N–H and O–H groups in total. The van der Waals surface area contributed by atoms with Gasteiger partial charge >= 0.3 is 6.18 Å². The summed E-state index contributed by atoms with van der Waals surface area (Å²) in [4.78, 5) is 7.26. The summed E-state index contributed by atoms with van der Waals surface area (Å²) in [7, 11) is 0. The molecule has 0 bridgehead atoms. The molecule has 0 atom stereocenters. The van der Waals surface area contributed by atoms with Crippen LogP contribution in [0.5, 0.6) is 0 Å². The molecule has 1 aliphatic carbocycles. The summed E-state index contributed by atoms with van der Waals surface area (Å²) >= 11 is 5.54. The minimum atomic E-state index is -4.26. The van der Waals surface area contributed by atoms with E-state index in [0.29, 0.717) is 0 Å². The van der Waals surface area contributed by atoms with Crippen LogP contribution >= 0.6 is 11.6 Å². The van der Waals surface area contributed by atoms with Crippen molar-refractivity contribution in [2.24, 2.45) is 0 Å². The summed E-state index contributed by atoms with van der Waals surface area (Å²) in [5.74, 6) is 0.102. The second-order valence-corrected chi connectivity index (χ2v) is 3.82. The minimum absolute atomic E-state index is 0.0676. The standard InChI is InChI=1S/C8H7ClF3N3/c9-5-3-6(14-4-13-5)15-7(1-2-7)8(10,11)12/h3-4H,1-2H2,(H,13,14,15). The van der Waals surface area contributed by atoms with Crippen molar-refractivity contribution < 1.29 is 13.2 Å². The largest absolute Gasteiger partial charge is 0.411 e. The van der Waals surface area contributed by atoms with E-state index in [4.69, 9.17) is 11.6 Å². The molecule has 0 spiro atoms. The fourth-order valence-electron chi connectivity index (χ4n) is 1.25. The Morgan fingerprint density at radius 3 is 2.47 bits per heavy atom. The summed E-state index contributed by atoms with van der Waals surface area (Å²) in [6, 6.07) is 1.27. The Morgan fingerprint density at radius 2 is 2.00 bits per heavy atom. The summed E-state index contributed by atoms with van der Waals surface area (Å²) < 4.78 is 37.6. The van der Waals surface area contributed by atoms with Gasteiger partial charge in [-0.1, -0.05) is 11.6 Å². The van der Waals surface area contributed by atoms with Crippen LogP contribution in [0.4, 0.5) is 19.0 Å². The van der Waals surface area contributed by atoms with Gasteiger partial charge in [-0.05, 0) is 12.8 Å². The number of nitrogens with zero attached hydrogens (tertiary/aromatic N) is 2. The Labute approximate surface area is 88.7 Å². The van der Waals surface area contributed by atoms with Crippen molar-refractivity contribution in [3.63, 3.8) is 0 Å². The number of alkyl halides is 3. The van der Waals surface area contributed by atoms with E-state index in [1.807, 2.05) is 0 Å². The van der Waals surface area contributed by atoms with Gasteiger partial charge in [0, 0.05) is 6.07 Å². The SMILES string of the molecule is FC(F)(F)C1(Nc2cc(Cl)ncn2)CC1. The predicted molar refractivity (Wildman–Crippen MR) is 48.7 cm³/mol. The number of nitrogens with one attached hydrogen (secondary N) is 1. The lowest BCUT2D eigenvalue weighted by Gasteiger charge is -2.20. The van der Waals surface area contributed by atoms with E-state index in [9.17, 15) is 13.2 Å². The molecule has 0 amide bonds. The van der Waals surface area contributed by atoms with Gasteiger partial charge in [0.25, 0.3) is 0 Å². The first-order valence-electron chi connectivity index (χ1n) is 4.25. The highest BCUT2D eigenvalue weighted by Crippen LogP contribution is 2.50. The van der Waals surface area contributed by atoms with Crippen LogP contribution in [0.15, 0.2) is 12.4 Å². The third kappa shape index (κ3) is 1.99. The molecule has 0 radical (unpaired) electrons. The number of hydrogen-bond donors (Lipinski definition) is 1. The Morgan fingerprint density at radius 1 is 1.33 bits per heavy atom. The monoisotopic (exact) mass is 237 g/mol. The maximum Gasteiger partial charge on any atom is 0.411 e. The van der Waals surface area contributed by atoms with Crippen LogP contribution in [0, 0.1) is 0 Å². The second-order valence-electron chi connectivity index (χ2n) is 3.43. The fraction of sp³-hybridized carbons (Fsp3) is 0.500. The number of halogens is 4. The third-order valence-corrected chi connectivity index (χ3v) is 2.50. The highest BCUT2D eigenvalue weighted by Gasteiger charge is 2.63. The topological polar surface area (TPSA) is 37.8 Å². The van der Waals surface area contributed by atoms with E-state index >= 15 is 0 Å². The fourth-order valence-corrected chi connectivity index (χ4v) is 1.40. The number of hydrogen-bond acceptors (Lipinski definition) is 3. The van der Waals surface area contributed by atoms with Gasteiger partial charge < -0.3 is 5.32 Å². The van der Waals surface area contributed by atoms with Crippen LogP contribution in [-0.2, 0) is 0 Å². The van der Waals surface area contributed by atoms with Gasteiger partial charge in [-0.15, -0.1) is 0 Å². The first-order valence-corrected chi connectivity index (χ1v) is 4.63. The molecule has 1 aromatic rings. The number of rotatable bonds is 2. The molecule has 1 heterocycles. The van der Waals surface area contributed by atoms with Gasteiger partial charge in [-0.2, -0.15) is 13.2 Å². The summed E-state index contributed by atoms with van der Waals surface area (Å²) in [6.45, 7) is 0. The number of aromatic nitrogens is 2. The van der Waals surface area contributed by atoms with Gasteiger partial charge in [-0.25, -0.2) is 9.97 Å². The highest BCUT2D eigenvalue weighted by molar-refractivity contribution is 6.29. The average molecular weight is 238 g/mol. The van der Waals surface area contributed by atoms with E-state index in [2.05, 4.69) is 15.3 Å². The molecule has 3 nitrogen and oxygen atoms in total. The smallest absolute Gasteiger partial charge is 0.356 e. The molecule has 1 aliphatic rings. The van der Waals surface area contributed by atoms with Crippen molar-refractivity contribution in [2.75, 3.05) is 5.32 Å². The Bertz CT molecular complexity index is 376. The van der Waals surface area contributed by atoms with Crippen molar-refractivity contribution >= 4 is 17.4 Å². The molecule has 1 saturated carbocycles. The molecule has 2 rings (SSSR count). The predicted octanol–water partition coefficient (Wildman–Crippen LogP) is 2.64. The molecule has 0 aliphatic heterocycles. The van der Waals surface area contributed by atoms with Gasteiger partial charge in [0.15, 0.2) is 0 Å². The van der Waals surface area contributed by atoms with Gasteiger partial charge in [-0.3, -0.25) is 0 Å². The van der Waals surface area contributed by atoms with Crippen molar-refractivity contribution in [1.29, 1.82) is 0 Å². The normalized spacial score (nSPS) is 18.7. The Hall–Kier alpha value is -1.04. The van der Waals surface area contributed by atoms with E-state index in [-0.39, 0.29) is 23.8 Å². The van der Waals surface area contributed by atoms with Crippen molar-refractivity contribution in [1.82, 2.24) is 9.97 Å². The summed E-state index contributed by atoms with van der Waals surface area (Å²) in [5.41, 5.74) is -1.81. The van der Waals surface area contributed by atoms with Crippen molar-refractivity contribution in [3.8, 4) is 0 Å². The zero-order valence-electron chi connectivity index (χ0n) is 7.48. The van der Waals surface area contributed by atoms with Crippen LogP contribution in [0.25, 0.3) is 0 Å². The van der Waals surface area contributed by atoms with Gasteiger partial charge in [0.2, 0.25) is 0 Å². The molecule has 1 fully saturated rings. The maximum atomic E-state index is 12.5. The molecule has 0 aromatic carbocycles. The first kappa shape index (κ1) is 10.5. The molecule has 1 aromatic heterocycles. The summed E-state index contributed by atoms with van der Waals surface area (Å²) in [6.07, 6.45) is -3.00. The molecule has 7 heteroatoms. The van der Waals surface area contributed by atoms with E-state index in [1.54, 1.807) is 0 Å². The van der Waals surface area contributed by atoms with Crippen molar-refractivity contribution in [2.45, 2.75) is 24.6 Å². The molecule has 82 valence electrons. The Kier molecular flexibility index (Phi) is 2.26. The highest BCUT2D eigenvalue weighted by atomic mass is 35.5. The van der Waals surface area contributed by atoms with Crippen LogP contribution in [0.2, 0.25) is 5.15 Å². The van der Waals surface area contributed by atoms with Crippen LogP contribution < -0.4 is 5.32 Å². The van der Waals surface area contributed by atoms with Crippen molar-refractivity contribution in [3.05, 3.63) is 17.5 Å². The number of anilines is 1. The van der Waals surface area contributed by atoms with Gasteiger partial charge in [0.05, 0.1) is 0 Å². The lowest BCUT2D eigenvalue weighted by molar-refractivity contribution is -0.151. The zero-order chi connectivity index (χ0) is 11.1. The zero-order valence-corrected chi connectivity index (χ0v) is 8.23. The van der Waals surface area contributed by atoms with Crippen LogP contribution in [-0.4, -0.2) is 21.7 Å². The molecule has 0 unspecified atom stereocenters. The average Bonchev–Trinajstić information content (AvgIpc) is 2.84. The van der Waals surface area contributed by atoms with E-state index < -0.39 is 11.7 Å². The first-order chi connectivity index (χ1) is 6.93. The lowest BCUT2D eigenvalue weighted by atomic mass is 10.2. The van der Waals surface area contributed by atoms with Crippen LogP contribution in [0.3, 0.4) is 0 Å². The second kappa shape index (κ2) is 3.23. The molecule has 0 saturated heterocycles. The van der Waals surface area contributed by atoms with Gasteiger partial charge in [0.1, 0.15) is 22.8 Å². The third-order valence-electron chi connectivity index (χ3n) is 2.29. The maximum absolute atomic E-state index is 12.5. The molecular formula is C8H7ClF3N3. The minimum Gasteiger partial charge on any atom is -0.356 e. The Balaban J connectivity index is 2.16. The summed E-state index contributed by atoms with van der Waals surface area (Å²) in [5, 5.41) is 2.47. The molecule has 15 heavy (non-hydrogen) atoms.